The lowest BCUT2D eigenvalue weighted by atomic mass is 9.88. The summed E-state index contributed by atoms with van der Waals surface area (Å²) in [4.78, 5) is 27.2. The molecule has 0 aliphatic heterocycles. The first kappa shape index (κ1) is 28.9. The number of benzene rings is 2. The number of aryl methyl sites for hydroxylation is 1. The number of hydrogen-bond acceptors (Lipinski definition) is 7. The highest BCUT2D eigenvalue weighted by Crippen LogP contribution is 2.37. The second kappa shape index (κ2) is 13.2. The Labute approximate surface area is 230 Å². The number of carbonyl (C=O) groups excluding carboxylic acids is 2. The molecule has 1 aliphatic carbocycles. The predicted octanol–water partition coefficient (Wildman–Crippen LogP) is 2.06. The molecule has 3 atom stereocenters. The van der Waals surface area contributed by atoms with Gasteiger partial charge in [0.2, 0.25) is 11.8 Å². The maximum absolute atomic E-state index is 12.9. The van der Waals surface area contributed by atoms with Crippen molar-refractivity contribution >= 4 is 34.4 Å². The molecule has 0 bridgehead atoms. The van der Waals surface area contributed by atoms with Crippen LogP contribution in [0.15, 0.2) is 48.0 Å². The lowest BCUT2D eigenvalue weighted by Crippen LogP contribution is -2.54. The molecule has 2 aromatic carbocycles. The van der Waals surface area contributed by atoms with E-state index < -0.39 is 24.2 Å². The number of aliphatic hydroxyl groups excluding tert-OH is 3. The first-order valence-electron chi connectivity index (χ1n) is 11.9. The van der Waals surface area contributed by atoms with Crippen molar-refractivity contribution in [1.82, 2.24) is 10.2 Å². The van der Waals surface area contributed by atoms with E-state index in [1.54, 1.807) is 23.1 Å². The minimum Gasteiger partial charge on any atom is -0.493 e. The number of ether oxygens (including phenoxy) is 2. The number of rotatable bonds is 10. The van der Waals surface area contributed by atoms with E-state index in [0.29, 0.717) is 26.2 Å². The Morgan fingerprint density at radius 2 is 1.86 bits per heavy atom. The molecule has 0 saturated heterocycles. The van der Waals surface area contributed by atoms with Crippen molar-refractivity contribution < 1.29 is 34.4 Å². The fourth-order valence-electron chi connectivity index (χ4n) is 4.25. The van der Waals surface area contributed by atoms with Crippen molar-refractivity contribution in [2.75, 3.05) is 20.3 Å². The van der Waals surface area contributed by atoms with Gasteiger partial charge < -0.3 is 35.0 Å². The van der Waals surface area contributed by atoms with E-state index in [1.807, 2.05) is 31.2 Å². The van der Waals surface area contributed by atoms with E-state index in [2.05, 4.69) is 27.9 Å². The molecule has 0 heterocycles. The number of hydrogen-bond donors (Lipinski definition) is 4. The van der Waals surface area contributed by atoms with Gasteiger partial charge in [-0.25, -0.2) is 0 Å². The predicted molar refractivity (Wildman–Crippen MR) is 146 cm³/mol. The number of halogens is 1. The van der Waals surface area contributed by atoms with E-state index in [0.717, 1.165) is 11.1 Å². The van der Waals surface area contributed by atoms with Crippen molar-refractivity contribution in [1.29, 1.82) is 0 Å². The third-order valence-corrected chi connectivity index (χ3v) is 7.02. The van der Waals surface area contributed by atoms with Gasteiger partial charge in [0.1, 0.15) is 12.2 Å². The van der Waals surface area contributed by atoms with Gasteiger partial charge in [0.15, 0.2) is 11.5 Å². The van der Waals surface area contributed by atoms with Crippen molar-refractivity contribution in [2.45, 2.75) is 51.7 Å². The first-order chi connectivity index (χ1) is 17.7. The van der Waals surface area contributed by atoms with Gasteiger partial charge in [-0.3, -0.25) is 9.59 Å². The van der Waals surface area contributed by atoms with Crippen LogP contribution in [0.2, 0.25) is 0 Å². The van der Waals surface area contributed by atoms with Gasteiger partial charge in [-0.1, -0.05) is 29.8 Å². The molecule has 2 aromatic rings. The molecule has 1 aliphatic rings. The lowest BCUT2D eigenvalue weighted by molar-refractivity contribution is -0.137. The van der Waals surface area contributed by atoms with Crippen LogP contribution in [0, 0.1) is 10.5 Å². The summed E-state index contributed by atoms with van der Waals surface area (Å²) in [5.41, 5.74) is 2.95. The van der Waals surface area contributed by atoms with Gasteiger partial charge in [0.05, 0.1) is 29.9 Å². The molecular weight excluding hydrogens is 591 g/mol. The van der Waals surface area contributed by atoms with Crippen LogP contribution < -0.4 is 14.8 Å². The number of carbonyl (C=O) groups is 2. The SMILES string of the molecule is COc1cc(CO)cc(I)c1OC1C=C(C(=O)NCCO)CC(N(Cc2ccc(C)cc2)C(C)=O)C1O. The summed E-state index contributed by atoms with van der Waals surface area (Å²) in [5, 5.41) is 32.8. The van der Waals surface area contributed by atoms with Gasteiger partial charge in [-0.15, -0.1) is 0 Å². The van der Waals surface area contributed by atoms with E-state index in [-0.39, 0.29) is 38.6 Å². The Kier molecular flexibility index (Phi) is 10.3. The van der Waals surface area contributed by atoms with Crippen molar-refractivity contribution in [2.24, 2.45) is 0 Å². The van der Waals surface area contributed by atoms with Crippen LogP contribution in [-0.4, -0.2) is 70.5 Å². The third-order valence-electron chi connectivity index (χ3n) is 6.22. The lowest BCUT2D eigenvalue weighted by Gasteiger charge is -2.40. The van der Waals surface area contributed by atoms with Gasteiger partial charge in [-0.05, 0) is 58.9 Å². The van der Waals surface area contributed by atoms with E-state index in [9.17, 15) is 19.8 Å². The van der Waals surface area contributed by atoms with Crippen LogP contribution in [0.4, 0.5) is 0 Å². The Hall–Kier alpha value is -2.67. The molecule has 0 fully saturated rings. The summed E-state index contributed by atoms with van der Waals surface area (Å²) in [6.45, 7) is 3.34. The third kappa shape index (κ3) is 7.22. The van der Waals surface area contributed by atoms with E-state index in [1.165, 1.54) is 14.0 Å². The van der Waals surface area contributed by atoms with E-state index >= 15 is 0 Å². The van der Waals surface area contributed by atoms with Crippen LogP contribution >= 0.6 is 22.6 Å². The van der Waals surface area contributed by atoms with Crippen LogP contribution in [0.1, 0.15) is 30.0 Å². The van der Waals surface area contributed by atoms with Gasteiger partial charge >= 0.3 is 0 Å². The normalized spacial score (nSPS) is 19.1. The standard InChI is InChI=1S/C27H33IN2O7/c1-16-4-6-18(7-5-16)14-30(17(2)33)22-12-20(27(35)29-8-9-31)13-23(25(22)34)37-26-21(28)10-19(15-32)11-24(26)36-3/h4-7,10-11,13,22-23,25,31-32,34H,8-9,12,14-15H2,1-3H3,(H,29,35). The highest BCUT2D eigenvalue weighted by Gasteiger charge is 2.40. The maximum Gasteiger partial charge on any atom is 0.247 e. The number of amides is 2. The number of nitrogens with zero attached hydrogens (tertiary/aromatic N) is 1. The zero-order valence-corrected chi connectivity index (χ0v) is 23.3. The second-order valence-electron chi connectivity index (χ2n) is 8.92. The minimum absolute atomic E-state index is 0.0725. The molecule has 37 heavy (non-hydrogen) atoms. The zero-order valence-electron chi connectivity index (χ0n) is 21.1. The monoisotopic (exact) mass is 624 g/mol. The van der Waals surface area contributed by atoms with Crippen LogP contribution in [-0.2, 0) is 22.7 Å². The quantitative estimate of drug-likeness (QED) is 0.298. The molecule has 0 spiro atoms. The summed E-state index contributed by atoms with van der Waals surface area (Å²) in [6, 6.07) is 10.4. The Morgan fingerprint density at radius 1 is 1.16 bits per heavy atom. The highest BCUT2D eigenvalue weighted by molar-refractivity contribution is 14.1. The minimum atomic E-state index is -1.15. The van der Waals surface area contributed by atoms with Crippen molar-refractivity contribution in [3.63, 3.8) is 0 Å². The molecule has 10 heteroatoms. The number of aliphatic hydroxyl groups is 3. The highest BCUT2D eigenvalue weighted by atomic mass is 127. The molecule has 4 N–H and O–H groups in total. The van der Waals surface area contributed by atoms with Gasteiger partial charge in [-0.2, -0.15) is 0 Å². The first-order valence-corrected chi connectivity index (χ1v) is 13.0. The molecule has 200 valence electrons. The second-order valence-corrected chi connectivity index (χ2v) is 10.1. The van der Waals surface area contributed by atoms with Gasteiger partial charge in [0, 0.05) is 32.0 Å². The molecule has 0 radical (unpaired) electrons. The molecule has 3 unspecified atom stereocenters. The molecular formula is C27H33IN2O7. The summed E-state index contributed by atoms with van der Waals surface area (Å²) in [6.07, 6.45) is -0.466. The average molecular weight is 624 g/mol. The molecule has 9 nitrogen and oxygen atoms in total. The Morgan fingerprint density at radius 3 is 2.46 bits per heavy atom. The smallest absolute Gasteiger partial charge is 0.247 e. The van der Waals surface area contributed by atoms with Crippen LogP contribution in [0.25, 0.3) is 0 Å². The van der Waals surface area contributed by atoms with Gasteiger partial charge in [0.25, 0.3) is 0 Å². The summed E-state index contributed by atoms with van der Waals surface area (Å²) in [7, 11) is 1.47. The van der Waals surface area contributed by atoms with Crippen molar-refractivity contribution in [3.8, 4) is 11.5 Å². The van der Waals surface area contributed by atoms with Crippen molar-refractivity contribution in [3.05, 3.63) is 68.3 Å². The maximum atomic E-state index is 12.9. The number of nitrogens with one attached hydrogen (secondary N) is 1. The van der Waals surface area contributed by atoms with Crippen LogP contribution in [0.3, 0.4) is 0 Å². The number of methoxy groups -OCH3 is 1. The zero-order chi connectivity index (χ0) is 27.1. The van der Waals surface area contributed by atoms with Crippen LogP contribution in [0.5, 0.6) is 11.5 Å². The molecule has 3 rings (SSSR count). The Bertz CT molecular complexity index is 1140. The summed E-state index contributed by atoms with van der Waals surface area (Å²) < 4.78 is 12.3. The average Bonchev–Trinajstić information content (AvgIpc) is 2.88. The summed E-state index contributed by atoms with van der Waals surface area (Å²) in [5.74, 6) is 0.0628. The topological polar surface area (TPSA) is 129 Å². The fourth-order valence-corrected chi connectivity index (χ4v) is 5.04. The largest absolute Gasteiger partial charge is 0.493 e. The Balaban J connectivity index is 1.99. The molecule has 2 amide bonds. The molecule has 0 saturated carbocycles. The van der Waals surface area contributed by atoms with E-state index in [4.69, 9.17) is 14.6 Å². The molecule has 0 aromatic heterocycles. The fraction of sp³-hybridized carbons (Fsp3) is 0.407. The summed E-state index contributed by atoms with van der Waals surface area (Å²) >= 11 is 2.06.